The van der Waals surface area contributed by atoms with Gasteiger partial charge in [-0.2, -0.15) is 0 Å². The molecule has 0 aromatic heterocycles. The summed E-state index contributed by atoms with van der Waals surface area (Å²) >= 11 is 0. The molecule has 0 unspecified atom stereocenters. The third kappa shape index (κ3) is 1.64. The van der Waals surface area contributed by atoms with Gasteiger partial charge in [-0.15, -0.1) is 0 Å². The second-order valence-electron chi connectivity index (χ2n) is 4.45. The van der Waals surface area contributed by atoms with Crippen LogP contribution in [0.15, 0.2) is 60.7 Å². The van der Waals surface area contributed by atoms with E-state index in [0.717, 1.165) is 11.1 Å². The van der Waals surface area contributed by atoms with E-state index in [2.05, 4.69) is 0 Å². The Labute approximate surface area is 98.9 Å². The summed E-state index contributed by atoms with van der Waals surface area (Å²) in [6.07, 6.45) is 0. The molecular weight excluding hydrogens is 218 g/mol. The van der Waals surface area contributed by atoms with Gasteiger partial charge in [0.15, 0.2) is 0 Å². The fourth-order valence-electron chi connectivity index (χ4n) is 2.48. The van der Waals surface area contributed by atoms with Crippen molar-refractivity contribution in [1.29, 1.82) is 0 Å². The summed E-state index contributed by atoms with van der Waals surface area (Å²) < 4.78 is 27.7. The van der Waals surface area contributed by atoms with Crippen LogP contribution in [-0.4, -0.2) is 5.92 Å². The minimum absolute atomic E-state index is 0.661. The lowest BCUT2D eigenvalue weighted by Gasteiger charge is -1.97. The number of alkyl halides is 2. The zero-order valence-electron chi connectivity index (χ0n) is 9.18. The van der Waals surface area contributed by atoms with Crippen LogP contribution in [0.25, 0.3) is 0 Å². The van der Waals surface area contributed by atoms with Crippen molar-refractivity contribution < 1.29 is 8.78 Å². The first-order valence-electron chi connectivity index (χ1n) is 5.69. The molecule has 17 heavy (non-hydrogen) atoms. The summed E-state index contributed by atoms with van der Waals surface area (Å²) in [6, 6.07) is 18.1. The molecule has 0 bridgehead atoms. The molecule has 0 nitrogen and oxygen atoms in total. The van der Waals surface area contributed by atoms with Crippen LogP contribution in [0.2, 0.25) is 0 Å². The Morgan fingerprint density at radius 3 is 1.35 bits per heavy atom. The van der Waals surface area contributed by atoms with Gasteiger partial charge in [0, 0.05) is 0 Å². The van der Waals surface area contributed by atoms with Crippen LogP contribution in [0.3, 0.4) is 0 Å². The van der Waals surface area contributed by atoms with Crippen molar-refractivity contribution in [2.24, 2.45) is 0 Å². The average molecular weight is 230 g/mol. The molecule has 2 heteroatoms. The Bertz CT molecular complexity index is 457. The monoisotopic (exact) mass is 230 g/mol. The maximum absolute atomic E-state index is 13.8. The normalized spacial score (nSPS) is 25.5. The van der Waals surface area contributed by atoms with Crippen molar-refractivity contribution in [3.8, 4) is 0 Å². The van der Waals surface area contributed by atoms with Gasteiger partial charge in [-0.1, -0.05) is 60.7 Å². The van der Waals surface area contributed by atoms with E-state index in [0.29, 0.717) is 0 Å². The van der Waals surface area contributed by atoms with Crippen LogP contribution >= 0.6 is 0 Å². The van der Waals surface area contributed by atoms with Crippen molar-refractivity contribution in [3.05, 3.63) is 71.8 Å². The second kappa shape index (κ2) is 3.66. The molecule has 1 aliphatic rings. The first-order chi connectivity index (χ1) is 8.21. The van der Waals surface area contributed by atoms with E-state index in [-0.39, 0.29) is 0 Å². The smallest absolute Gasteiger partial charge is 0.205 e. The summed E-state index contributed by atoms with van der Waals surface area (Å²) in [5, 5.41) is 0. The Morgan fingerprint density at radius 2 is 1.00 bits per heavy atom. The van der Waals surface area contributed by atoms with Crippen molar-refractivity contribution in [1.82, 2.24) is 0 Å². The van der Waals surface area contributed by atoms with Crippen LogP contribution in [0.4, 0.5) is 8.78 Å². The molecule has 2 aromatic carbocycles. The minimum atomic E-state index is -2.61. The van der Waals surface area contributed by atoms with Crippen LogP contribution in [0.5, 0.6) is 0 Å². The molecule has 1 saturated carbocycles. The first-order valence-corrected chi connectivity index (χ1v) is 5.69. The maximum atomic E-state index is 13.8. The Hall–Kier alpha value is -1.70. The van der Waals surface area contributed by atoms with Gasteiger partial charge in [0.2, 0.25) is 0 Å². The highest BCUT2D eigenvalue weighted by atomic mass is 19.3. The molecule has 0 N–H and O–H groups in total. The molecule has 0 aliphatic heterocycles. The predicted molar refractivity (Wildman–Crippen MR) is 63.3 cm³/mol. The third-order valence-electron chi connectivity index (χ3n) is 3.37. The van der Waals surface area contributed by atoms with Gasteiger partial charge in [-0.3, -0.25) is 0 Å². The van der Waals surface area contributed by atoms with Crippen LogP contribution in [0, 0.1) is 0 Å². The Morgan fingerprint density at radius 1 is 0.647 bits per heavy atom. The minimum Gasteiger partial charge on any atom is -0.205 e. The number of halogens is 2. The zero-order chi connectivity index (χ0) is 11.9. The van der Waals surface area contributed by atoms with Crippen molar-refractivity contribution in [2.75, 3.05) is 0 Å². The summed E-state index contributed by atoms with van der Waals surface area (Å²) in [6.45, 7) is 0. The number of rotatable bonds is 2. The molecule has 3 rings (SSSR count). The predicted octanol–water partition coefficient (Wildman–Crippen LogP) is 4.20. The summed E-state index contributed by atoms with van der Waals surface area (Å²) in [7, 11) is 0. The Balaban J connectivity index is 1.95. The zero-order valence-corrected chi connectivity index (χ0v) is 9.18. The van der Waals surface area contributed by atoms with Gasteiger partial charge >= 0.3 is 0 Å². The molecule has 1 aliphatic carbocycles. The second-order valence-corrected chi connectivity index (χ2v) is 4.45. The molecule has 0 heterocycles. The fraction of sp³-hybridized carbons (Fsp3) is 0.200. The molecule has 0 amide bonds. The molecule has 2 aromatic rings. The van der Waals surface area contributed by atoms with E-state index >= 15 is 0 Å². The van der Waals surface area contributed by atoms with E-state index in [4.69, 9.17) is 0 Å². The Kier molecular flexibility index (Phi) is 2.25. The SMILES string of the molecule is FC1(F)[C@H](c2ccccc2)[C@@H]1c1ccccc1. The highest BCUT2D eigenvalue weighted by Crippen LogP contribution is 2.66. The fourth-order valence-corrected chi connectivity index (χ4v) is 2.48. The van der Waals surface area contributed by atoms with Crippen LogP contribution in [0.1, 0.15) is 23.0 Å². The number of hydrogen-bond donors (Lipinski definition) is 0. The topological polar surface area (TPSA) is 0 Å². The van der Waals surface area contributed by atoms with Gasteiger partial charge < -0.3 is 0 Å². The lowest BCUT2D eigenvalue weighted by atomic mass is 10.0. The first kappa shape index (κ1) is 10.5. The van der Waals surface area contributed by atoms with Gasteiger partial charge in [0.1, 0.15) is 0 Å². The quantitative estimate of drug-likeness (QED) is 0.725. The van der Waals surface area contributed by atoms with Gasteiger partial charge in [-0.05, 0) is 11.1 Å². The number of benzene rings is 2. The summed E-state index contributed by atoms with van der Waals surface area (Å²) in [5.74, 6) is -3.93. The van der Waals surface area contributed by atoms with Gasteiger partial charge in [0.25, 0.3) is 5.92 Å². The highest BCUT2D eigenvalue weighted by Gasteiger charge is 2.69. The van der Waals surface area contributed by atoms with Crippen molar-refractivity contribution in [3.63, 3.8) is 0 Å². The van der Waals surface area contributed by atoms with E-state index in [1.54, 1.807) is 24.3 Å². The molecule has 0 spiro atoms. The van der Waals surface area contributed by atoms with Crippen molar-refractivity contribution >= 4 is 0 Å². The molecule has 86 valence electrons. The van der Waals surface area contributed by atoms with Crippen LogP contribution in [-0.2, 0) is 0 Å². The average Bonchev–Trinajstić information content (AvgIpc) is 2.94. The van der Waals surface area contributed by atoms with E-state index in [9.17, 15) is 8.78 Å². The summed E-state index contributed by atoms with van der Waals surface area (Å²) in [4.78, 5) is 0. The molecular formula is C15H12F2. The maximum Gasteiger partial charge on any atom is 0.263 e. The van der Waals surface area contributed by atoms with Gasteiger partial charge in [0.05, 0.1) is 11.8 Å². The third-order valence-corrected chi connectivity index (χ3v) is 3.37. The highest BCUT2D eigenvalue weighted by molar-refractivity contribution is 5.42. The summed E-state index contributed by atoms with van der Waals surface area (Å²) in [5.41, 5.74) is 1.46. The molecule has 2 atom stereocenters. The van der Waals surface area contributed by atoms with Gasteiger partial charge in [-0.25, -0.2) is 8.78 Å². The van der Waals surface area contributed by atoms with E-state index in [1.165, 1.54) is 0 Å². The van der Waals surface area contributed by atoms with E-state index in [1.807, 2.05) is 36.4 Å². The number of hydrogen-bond acceptors (Lipinski definition) is 0. The molecule has 0 saturated heterocycles. The largest absolute Gasteiger partial charge is 0.263 e. The standard InChI is InChI=1S/C15H12F2/c16-15(17)13(11-7-3-1-4-8-11)14(15)12-9-5-2-6-10-12/h1-10,13-14H/t13-,14+. The van der Waals surface area contributed by atoms with Crippen molar-refractivity contribution in [2.45, 2.75) is 17.8 Å². The van der Waals surface area contributed by atoms with E-state index < -0.39 is 17.8 Å². The lowest BCUT2D eigenvalue weighted by molar-refractivity contribution is 0.105. The lowest BCUT2D eigenvalue weighted by Crippen LogP contribution is -1.94. The molecule has 1 fully saturated rings. The molecule has 0 radical (unpaired) electrons. The van der Waals surface area contributed by atoms with Crippen LogP contribution < -0.4 is 0 Å².